The SMILES string of the molecule is CC.Cc1ccccc1-c1nc(-c2c(C)noc2C)nc2c1cc(C)n2CC1CC1.Cc1noc(C)c1-c1cc2[nH]ccc2cn1. The van der Waals surface area contributed by atoms with Gasteiger partial charge in [-0.1, -0.05) is 48.4 Å². The van der Waals surface area contributed by atoms with Gasteiger partial charge >= 0.3 is 0 Å². The molecule has 1 aromatic carbocycles. The number of benzene rings is 1. The van der Waals surface area contributed by atoms with Crippen LogP contribution in [0.4, 0.5) is 0 Å². The third kappa shape index (κ3) is 5.85. The van der Waals surface area contributed by atoms with Crippen LogP contribution in [0.25, 0.3) is 55.8 Å². The van der Waals surface area contributed by atoms with Crippen LogP contribution in [0, 0.1) is 47.5 Å². The van der Waals surface area contributed by atoms with Crippen molar-refractivity contribution in [3.63, 3.8) is 0 Å². The molecule has 1 N–H and O–H groups in total. The monoisotopic (exact) mass is 615 g/mol. The van der Waals surface area contributed by atoms with Gasteiger partial charge in [0.15, 0.2) is 5.82 Å². The van der Waals surface area contributed by atoms with Crippen LogP contribution in [0.5, 0.6) is 0 Å². The van der Waals surface area contributed by atoms with Gasteiger partial charge in [-0.2, -0.15) is 0 Å². The van der Waals surface area contributed by atoms with Gasteiger partial charge in [-0.25, -0.2) is 9.97 Å². The molecule has 46 heavy (non-hydrogen) atoms. The van der Waals surface area contributed by atoms with E-state index in [9.17, 15) is 0 Å². The minimum Gasteiger partial charge on any atom is -0.361 e. The van der Waals surface area contributed by atoms with Crippen molar-refractivity contribution in [2.24, 2.45) is 5.92 Å². The van der Waals surface area contributed by atoms with Crippen molar-refractivity contribution in [1.29, 1.82) is 0 Å². The Morgan fingerprint density at radius 2 is 1.54 bits per heavy atom. The van der Waals surface area contributed by atoms with Crippen molar-refractivity contribution in [3.05, 3.63) is 89.0 Å². The molecular weight excluding hydrogens is 574 g/mol. The molecule has 8 rings (SSSR count). The highest BCUT2D eigenvalue weighted by Crippen LogP contribution is 2.37. The maximum absolute atomic E-state index is 5.40. The average Bonchev–Trinajstić information content (AvgIpc) is 3.30. The Morgan fingerprint density at radius 3 is 2.20 bits per heavy atom. The first kappa shape index (κ1) is 31.0. The van der Waals surface area contributed by atoms with Gasteiger partial charge in [0.25, 0.3) is 0 Å². The Balaban J connectivity index is 0.000000175. The van der Waals surface area contributed by atoms with E-state index in [4.69, 9.17) is 19.0 Å². The lowest BCUT2D eigenvalue weighted by molar-refractivity contribution is 0.393. The standard InChI is InChI=1S/C23H24N4O.C12H11N3O.C2H6/c1-13-7-5-6-8-18(13)21-19-11-14(2)27(12-17-9-10-17)23(19)25-22(24-21)20-15(3)26-28-16(20)4;1-7-12(8(2)16-15-7)11-5-10-9(6-14-11)3-4-13-10;1-2/h5-8,11,17H,9-10,12H2,1-4H3;3-6,13H,1-2H3;1-2H3. The number of pyridine rings is 1. The summed E-state index contributed by atoms with van der Waals surface area (Å²) in [7, 11) is 0. The number of nitrogens with zero attached hydrogens (tertiary/aromatic N) is 6. The molecule has 9 nitrogen and oxygen atoms in total. The van der Waals surface area contributed by atoms with Crippen LogP contribution in [0.15, 0.2) is 63.9 Å². The van der Waals surface area contributed by atoms with Gasteiger partial charge < -0.3 is 18.6 Å². The topological polar surface area (TPSA) is 111 Å². The number of nitrogens with one attached hydrogen (secondary N) is 1. The molecule has 0 unspecified atom stereocenters. The summed E-state index contributed by atoms with van der Waals surface area (Å²) in [5.41, 5.74) is 11.1. The van der Waals surface area contributed by atoms with Gasteiger partial charge in [0.1, 0.15) is 17.2 Å². The van der Waals surface area contributed by atoms with Crippen molar-refractivity contribution in [2.75, 3.05) is 0 Å². The number of fused-ring (bicyclic) bond motifs is 2. The van der Waals surface area contributed by atoms with E-state index in [1.54, 1.807) is 0 Å². The molecule has 7 aromatic rings. The molecule has 9 heteroatoms. The molecule has 0 spiro atoms. The van der Waals surface area contributed by atoms with Crippen LogP contribution in [0.3, 0.4) is 0 Å². The van der Waals surface area contributed by atoms with Crippen molar-refractivity contribution >= 4 is 21.9 Å². The van der Waals surface area contributed by atoms with E-state index in [0.717, 1.165) is 85.4 Å². The number of hydrogen-bond acceptors (Lipinski definition) is 7. The summed E-state index contributed by atoms with van der Waals surface area (Å²) in [6.07, 6.45) is 6.38. The molecule has 1 saturated carbocycles. The molecule has 1 aliphatic rings. The molecule has 0 radical (unpaired) electrons. The summed E-state index contributed by atoms with van der Waals surface area (Å²) in [5.74, 6) is 3.02. The lowest BCUT2D eigenvalue weighted by Crippen LogP contribution is -2.04. The Labute approximate surface area is 269 Å². The van der Waals surface area contributed by atoms with Crippen molar-refractivity contribution in [1.82, 2.24) is 34.8 Å². The summed E-state index contributed by atoms with van der Waals surface area (Å²) in [6, 6.07) is 14.7. The number of aromatic nitrogens is 7. The van der Waals surface area contributed by atoms with E-state index in [-0.39, 0.29) is 0 Å². The number of H-pyrrole nitrogens is 1. The summed E-state index contributed by atoms with van der Waals surface area (Å²) < 4.78 is 12.9. The Hall–Kier alpha value is -5.05. The van der Waals surface area contributed by atoms with Crippen LogP contribution >= 0.6 is 0 Å². The Kier molecular flexibility index (Phi) is 8.58. The normalized spacial score (nSPS) is 12.6. The third-order valence-electron chi connectivity index (χ3n) is 8.48. The van der Waals surface area contributed by atoms with Gasteiger partial charge in [0.05, 0.1) is 33.9 Å². The summed E-state index contributed by atoms with van der Waals surface area (Å²) in [6.45, 7) is 17.0. The van der Waals surface area contributed by atoms with Gasteiger partial charge in [0, 0.05) is 46.5 Å². The van der Waals surface area contributed by atoms with Crippen LogP contribution in [0.1, 0.15) is 60.9 Å². The molecule has 6 aromatic heterocycles. The fourth-order valence-corrected chi connectivity index (χ4v) is 5.93. The molecule has 0 amide bonds. The van der Waals surface area contributed by atoms with E-state index >= 15 is 0 Å². The fourth-order valence-electron chi connectivity index (χ4n) is 5.93. The van der Waals surface area contributed by atoms with E-state index in [0.29, 0.717) is 5.82 Å². The highest BCUT2D eigenvalue weighted by molar-refractivity contribution is 5.94. The lowest BCUT2D eigenvalue weighted by Gasteiger charge is -2.11. The number of aromatic amines is 1. The molecular formula is C37H41N7O2. The molecule has 0 saturated heterocycles. The van der Waals surface area contributed by atoms with Crippen LogP contribution < -0.4 is 0 Å². The van der Waals surface area contributed by atoms with Crippen LogP contribution in [-0.2, 0) is 6.54 Å². The highest BCUT2D eigenvalue weighted by Gasteiger charge is 2.26. The number of rotatable bonds is 5. The molecule has 1 fully saturated rings. The molecule has 0 bridgehead atoms. The zero-order valence-corrected chi connectivity index (χ0v) is 27.9. The molecule has 0 atom stereocenters. The second kappa shape index (κ2) is 12.7. The second-order valence-electron chi connectivity index (χ2n) is 11.8. The minimum absolute atomic E-state index is 0.692. The van der Waals surface area contributed by atoms with E-state index in [1.165, 1.54) is 24.1 Å². The first-order valence-corrected chi connectivity index (χ1v) is 16.0. The minimum atomic E-state index is 0.692. The summed E-state index contributed by atoms with van der Waals surface area (Å²) >= 11 is 0. The summed E-state index contributed by atoms with van der Waals surface area (Å²) in [5, 5.41) is 10.3. The average molecular weight is 616 g/mol. The lowest BCUT2D eigenvalue weighted by atomic mass is 10.0. The Morgan fingerprint density at radius 1 is 0.848 bits per heavy atom. The molecule has 0 aliphatic heterocycles. The van der Waals surface area contributed by atoms with Crippen molar-refractivity contribution in [3.8, 4) is 33.9 Å². The largest absolute Gasteiger partial charge is 0.361 e. The van der Waals surface area contributed by atoms with Crippen molar-refractivity contribution < 1.29 is 9.05 Å². The number of aryl methyl sites for hydroxylation is 6. The fraction of sp³-hybridized carbons (Fsp3) is 0.324. The second-order valence-corrected chi connectivity index (χ2v) is 11.8. The van der Waals surface area contributed by atoms with Crippen molar-refractivity contribution in [2.45, 2.75) is 74.8 Å². The van der Waals surface area contributed by atoms with E-state index in [2.05, 4.69) is 69.0 Å². The predicted molar refractivity (Wildman–Crippen MR) is 183 cm³/mol. The third-order valence-corrected chi connectivity index (χ3v) is 8.48. The summed E-state index contributed by atoms with van der Waals surface area (Å²) in [4.78, 5) is 17.6. The van der Waals surface area contributed by atoms with Crippen LogP contribution in [-0.4, -0.2) is 34.8 Å². The Bertz CT molecular complexity index is 2100. The smallest absolute Gasteiger partial charge is 0.167 e. The first-order chi connectivity index (χ1) is 22.3. The van der Waals surface area contributed by atoms with Gasteiger partial charge in [-0.3, -0.25) is 4.98 Å². The predicted octanol–water partition coefficient (Wildman–Crippen LogP) is 9.26. The number of hydrogen-bond donors (Lipinski definition) is 1. The van der Waals surface area contributed by atoms with Gasteiger partial charge in [0.2, 0.25) is 0 Å². The quantitative estimate of drug-likeness (QED) is 0.205. The zero-order chi connectivity index (χ0) is 32.5. The van der Waals surface area contributed by atoms with Gasteiger partial charge in [-0.05, 0) is 84.1 Å². The molecule has 236 valence electrons. The highest BCUT2D eigenvalue weighted by atomic mass is 16.5. The van der Waals surface area contributed by atoms with E-state index in [1.807, 2.05) is 66.1 Å². The molecule has 1 aliphatic carbocycles. The maximum Gasteiger partial charge on any atom is 0.167 e. The first-order valence-electron chi connectivity index (χ1n) is 16.0. The van der Waals surface area contributed by atoms with E-state index < -0.39 is 0 Å². The molecule has 6 heterocycles. The van der Waals surface area contributed by atoms with Gasteiger partial charge in [-0.15, -0.1) is 0 Å². The van der Waals surface area contributed by atoms with Crippen LogP contribution in [0.2, 0.25) is 0 Å². The zero-order valence-electron chi connectivity index (χ0n) is 27.9. The maximum atomic E-state index is 5.40.